The van der Waals surface area contributed by atoms with Crippen LogP contribution >= 0.6 is 0 Å². The molecule has 2 N–H and O–H groups in total. The number of hydrogen-bond donors (Lipinski definition) is 1. The van der Waals surface area contributed by atoms with E-state index in [-0.39, 0.29) is 5.97 Å². The number of nitrogens with two attached hydrogens (primary N) is 1. The Hall–Kier alpha value is -0.570. The fourth-order valence-electron chi connectivity index (χ4n) is 1.24. The number of ether oxygens (including phenoxy) is 1. The summed E-state index contributed by atoms with van der Waals surface area (Å²) in [5.74, 6) is 0.183. The Morgan fingerprint density at radius 3 is 2.50 bits per heavy atom. The molecule has 0 fully saturated rings. The lowest BCUT2D eigenvalue weighted by Gasteiger charge is -2.13. The van der Waals surface area contributed by atoms with Crippen LogP contribution in [0.15, 0.2) is 0 Å². The van der Waals surface area contributed by atoms with E-state index in [1.165, 1.54) is 0 Å². The highest BCUT2D eigenvalue weighted by Crippen LogP contribution is 2.04. The van der Waals surface area contributed by atoms with Gasteiger partial charge in [-0.05, 0) is 18.8 Å². The van der Waals surface area contributed by atoms with Crippen LogP contribution in [0.4, 0.5) is 0 Å². The standard InChI is InChI=1S/C11H23NO2/c1-4-5-6-7-14-11(13)10(12)8-9(2)3/h9-10H,4-8,12H2,1-3H3. The van der Waals surface area contributed by atoms with Crippen LogP contribution in [0.5, 0.6) is 0 Å². The van der Waals surface area contributed by atoms with Gasteiger partial charge in [-0.15, -0.1) is 0 Å². The number of rotatable bonds is 7. The van der Waals surface area contributed by atoms with Crippen LogP contribution in [0.1, 0.15) is 46.5 Å². The number of carbonyl (C=O) groups is 1. The summed E-state index contributed by atoms with van der Waals surface area (Å²) in [6.07, 6.45) is 3.88. The molecule has 0 amide bonds. The van der Waals surface area contributed by atoms with Crippen molar-refractivity contribution in [2.45, 2.75) is 52.5 Å². The minimum Gasteiger partial charge on any atom is -0.465 e. The van der Waals surface area contributed by atoms with E-state index in [0.717, 1.165) is 19.3 Å². The van der Waals surface area contributed by atoms with E-state index in [1.54, 1.807) is 0 Å². The molecule has 0 aliphatic carbocycles. The molecule has 0 aromatic heterocycles. The average molecular weight is 201 g/mol. The van der Waals surface area contributed by atoms with Gasteiger partial charge in [0.15, 0.2) is 0 Å². The van der Waals surface area contributed by atoms with Crippen molar-refractivity contribution in [2.24, 2.45) is 11.7 Å². The lowest BCUT2D eigenvalue weighted by Crippen LogP contribution is -2.33. The van der Waals surface area contributed by atoms with Crippen LogP contribution < -0.4 is 5.73 Å². The number of esters is 1. The van der Waals surface area contributed by atoms with Gasteiger partial charge in [0.2, 0.25) is 0 Å². The van der Waals surface area contributed by atoms with Crippen molar-refractivity contribution in [3.63, 3.8) is 0 Å². The Morgan fingerprint density at radius 1 is 1.36 bits per heavy atom. The molecule has 1 atom stereocenters. The molecule has 3 nitrogen and oxygen atoms in total. The number of hydrogen-bond acceptors (Lipinski definition) is 3. The van der Waals surface area contributed by atoms with Crippen molar-refractivity contribution in [2.75, 3.05) is 6.61 Å². The lowest BCUT2D eigenvalue weighted by molar-refractivity contribution is -0.145. The van der Waals surface area contributed by atoms with Crippen molar-refractivity contribution < 1.29 is 9.53 Å². The molecule has 0 bridgehead atoms. The summed E-state index contributed by atoms with van der Waals surface area (Å²) in [6, 6.07) is -0.448. The average Bonchev–Trinajstić information content (AvgIpc) is 2.11. The topological polar surface area (TPSA) is 52.3 Å². The second-order valence-electron chi connectivity index (χ2n) is 4.11. The molecular formula is C11H23NO2. The van der Waals surface area contributed by atoms with E-state index in [4.69, 9.17) is 10.5 Å². The fraction of sp³-hybridized carbons (Fsp3) is 0.909. The predicted octanol–water partition coefficient (Wildman–Crippen LogP) is 2.09. The van der Waals surface area contributed by atoms with Gasteiger partial charge >= 0.3 is 5.97 Å². The SMILES string of the molecule is CCCCCOC(=O)C(N)CC(C)C. The zero-order valence-electron chi connectivity index (χ0n) is 9.58. The molecule has 0 aliphatic heterocycles. The van der Waals surface area contributed by atoms with Crippen molar-refractivity contribution in [1.29, 1.82) is 0 Å². The largest absolute Gasteiger partial charge is 0.465 e. The Kier molecular flexibility index (Phi) is 7.48. The molecule has 0 rings (SSSR count). The third kappa shape index (κ3) is 6.89. The van der Waals surface area contributed by atoms with Gasteiger partial charge < -0.3 is 10.5 Å². The van der Waals surface area contributed by atoms with E-state index in [0.29, 0.717) is 18.9 Å². The van der Waals surface area contributed by atoms with E-state index < -0.39 is 6.04 Å². The maximum atomic E-state index is 11.3. The first-order chi connectivity index (χ1) is 6.57. The zero-order valence-corrected chi connectivity index (χ0v) is 9.58. The molecule has 0 radical (unpaired) electrons. The van der Waals surface area contributed by atoms with Crippen molar-refractivity contribution in [1.82, 2.24) is 0 Å². The van der Waals surface area contributed by atoms with E-state index in [2.05, 4.69) is 6.92 Å². The molecule has 14 heavy (non-hydrogen) atoms. The van der Waals surface area contributed by atoms with Gasteiger partial charge in [-0.1, -0.05) is 33.6 Å². The maximum Gasteiger partial charge on any atom is 0.322 e. The number of unbranched alkanes of at least 4 members (excludes halogenated alkanes) is 2. The summed E-state index contributed by atoms with van der Waals surface area (Å²) in [5.41, 5.74) is 5.66. The normalized spacial score (nSPS) is 12.9. The summed E-state index contributed by atoms with van der Waals surface area (Å²) in [4.78, 5) is 11.3. The van der Waals surface area contributed by atoms with Gasteiger partial charge in [-0.2, -0.15) is 0 Å². The van der Waals surface area contributed by atoms with Crippen LogP contribution in [0.2, 0.25) is 0 Å². The van der Waals surface area contributed by atoms with Gasteiger partial charge in [0, 0.05) is 0 Å². The van der Waals surface area contributed by atoms with Crippen LogP contribution in [-0.2, 0) is 9.53 Å². The first-order valence-electron chi connectivity index (χ1n) is 5.50. The third-order valence-electron chi connectivity index (χ3n) is 2.02. The summed E-state index contributed by atoms with van der Waals surface area (Å²) in [5, 5.41) is 0. The fourth-order valence-corrected chi connectivity index (χ4v) is 1.24. The molecule has 0 aromatic rings. The Morgan fingerprint density at radius 2 is 2.00 bits per heavy atom. The van der Waals surface area contributed by atoms with Gasteiger partial charge in [0.1, 0.15) is 6.04 Å². The van der Waals surface area contributed by atoms with Gasteiger partial charge in [-0.3, -0.25) is 4.79 Å². The molecule has 3 heteroatoms. The second kappa shape index (κ2) is 7.80. The van der Waals surface area contributed by atoms with Crippen molar-refractivity contribution in [3.8, 4) is 0 Å². The Labute approximate surface area is 87.0 Å². The lowest BCUT2D eigenvalue weighted by atomic mass is 10.1. The third-order valence-corrected chi connectivity index (χ3v) is 2.02. The maximum absolute atomic E-state index is 11.3. The smallest absolute Gasteiger partial charge is 0.322 e. The molecule has 0 aromatic carbocycles. The molecular weight excluding hydrogens is 178 g/mol. The van der Waals surface area contributed by atoms with Crippen LogP contribution in [0.3, 0.4) is 0 Å². The molecule has 0 aliphatic rings. The molecule has 0 spiro atoms. The first-order valence-corrected chi connectivity index (χ1v) is 5.50. The summed E-state index contributed by atoms with van der Waals surface area (Å²) in [6.45, 7) is 6.72. The highest BCUT2D eigenvalue weighted by Gasteiger charge is 2.15. The quantitative estimate of drug-likeness (QED) is 0.507. The minimum absolute atomic E-state index is 0.255. The van der Waals surface area contributed by atoms with Gasteiger partial charge in [0.05, 0.1) is 6.61 Å². The molecule has 84 valence electrons. The molecule has 1 unspecified atom stereocenters. The first kappa shape index (κ1) is 13.4. The minimum atomic E-state index is -0.448. The molecule has 0 saturated heterocycles. The Balaban J connectivity index is 3.52. The zero-order chi connectivity index (χ0) is 11.0. The Bertz CT molecular complexity index is 157. The van der Waals surface area contributed by atoms with Crippen LogP contribution in [0, 0.1) is 5.92 Å². The van der Waals surface area contributed by atoms with E-state index in [1.807, 2.05) is 13.8 Å². The van der Waals surface area contributed by atoms with Crippen molar-refractivity contribution >= 4 is 5.97 Å². The summed E-state index contributed by atoms with van der Waals surface area (Å²) in [7, 11) is 0. The highest BCUT2D eigenvalue weighted by atomic mass is 16.5. The van der Waals surface area contributed by atoms with Gasteiger partial charge in [0.25, 0.3) is 0 Å². The predicted molar refractivity (Wildman–Crippen MR) is 57.9 cm³/mol. The molecule has 0 heterocycles. The summed E-state index contributed by atoms with van der Waals surface area (Å²) < 4.78 is 5.04. The van der Waals surface area contributed by atoms with E-state index in [9.17, 15) is 4.79 Å². The van der Waals surface area contributed by atoms with Crippen molar-refractivity contribution in [3.05, 3.63) is 0 Å². The summed E-state index contributed by atoms with van der Waals surface area (Å²) >= 11 is 0. The highest BCUT2D eigenvalue weighted by molar-refractivity contribution is 5.75. The molecule has 0 saturated carbocycles. The van der Waals surface area contributed by atoms with Crippen LogP contribution in [0.25, 0.3) is 0 Å². The second-order valence-corrected chi connectivity index (χ2v) is 4.11. The van der Waals surface area contributed by atoms with Gasteiger partial charge in [-0.25, -0.2) is 0 Å². The van der Waals surface area contributed by atoms with Crippen LogP contribution in [-0.4, -0.2) is 18.6 Å². The van der Waals surface area contributed by atoms with E-state index >= 15 is 0 Å². The monoisotopic (exact) mass is 201 g/mol. The number of carbonyl (C=O) groups excluding carboxylic acids is 1.